The molecule has 0 radical (unpaired) electrons. The second-order valence-electron chi connectivity index (χ2n) is 9.37. The molecule has 2 saturated carbocycles. The molecule has 0 bridgehead atoms. The normalized spacial score (nSPS) is 29.6. The van der Waals surface area contributed by atoms with Gasteiger partial charge in [-0.25, -0.2) is 0 Å². The SMILES string of the molecule is Cc1ccc([C@]23CC[C@@]2(c2ccc(C)cc2)[C@@H](COS(C)(=O)=O)[C@@H]3COS(C)(=O)=O)cc1. The molecular formula is C24H30O6S2. The lowest BCUT2D eigenvalue weighted by Gasteiger charge is -2.77. The molecule has 4 rings (SSSR count). The van der Waals surface area contributed by atoms with Crippen LogP contribution < -0.4 is 0 Å². The summed E-state index contributed by atoms with van der Waals surface area (Å²) < 4.78 is 57.9. The van der Waals surface area contributed by atoms with Crippen molar-refractivity contribution in [2.75, 3.05) is 25.7 Å². The Labute approximate surface area is 191 Å². The fourth-order valence-electron chi connectivity index (χ4n) is 6.13. The molecule has 0 spiro atoms. The summed E-state index contributed by atoms with van der Waals surface area (Å²) >= 11 is 0. The van der Waals surface area contributed by atoms with E-state index in [0.717, 1.165) is 47.6 Å². The van der Waals surface area contributed by atoms with Crippen molar-refractivity contribution in [3.63, 3.8) is 0 Å². The summed E-state index contributed by atoms with van der Waals surface area (Å²) in [6.07, 6.45) is 3.83. The number of aryl methyl sites for hydroxylation is 2. The van der Waals surface area contributed by atoms with Gasteiger partial charge in [-0.05, 0) is 37.8 Å². The average Bonchev–Trinajstić information content (AvgIpc) is 2.68. The molecule has 6 nitrogen and oxygen atoms in total. The van der Waals surface area contributed by atoms with Gasteiger partial charge < -0.3 is 0 Å². The smallest absolute Gasteiger partial charge is 0.264 e. The molecule has 0 N–H and O–H groups in total. The Morgan fingerprint density at radius 3 is 1.25 bits per heavy atom. The highest BCUT2D eigenvalue weighted by Crippen LogP contribution is 2.76. The fraction of sp³-hybridized carbons (Fsp3) is 0.500. The van der Waals surface area contributed by atoms with Crippen molar-refractivity contribution in [1.82, 2.24) is 0 Å². The Kier molecular flexibility index (Phi) is 5.81. The molecule has 32 heavy (non-hydrogen) atoms. The van der Waals surface area contributed by atoms with Gasteiger partial charge in [0.25, 0.3) is 20.2 Å². The summed E-state index contributed by atoms with van der Waals surface area (Å²) in [6.45, 7) is 4.06. The van der Waals surface area contributed by atoms with Crippen molar-refractivity contribution in [2.24, 2.45) is 11.8 Å². The van der Waals surface area contributed by atoms with Crippen molar-refractivity contribution < 1.29 is 25.2 Å². The van der Waals surface area contributed by atoms with Crippen LogP contribution in [-0.2, 0) is 39.4 Å². The van der Waals surface area contributed by atoms with Crippen LogP contribution in [0.15, 0.2) is 48.5 Å². The first kappa shape index (κ1) is 23.4. The van der Waals surface area contributed by atoms with E-state index in [2.05, 4.69) is 48.5 Å². The molecular weight excluding hydrogens is 448 g/mol. The van der Waals surface area contributed by atoms with Crippen LogP contribution in [-0.4, -0.2) is 42.6 Å². The molecule has 174 valence electrons. The van der Waals surface area contributed by atoms with Crippen molar-refractivity contribution in [2.45, 2.75) is 37.5 Å². The molecule has 0 aromatic heterocycles. The predicted octanol–water partition coefficient (Wildman–Crippen LogP) is 3.47. The van der Waals surface area contributed by atoms with Gasteiger partial charge in [0.15, 0.2) is 0 Å². The Hall–Kier alpha value is -1.74. The van der Waals surface area contributed by atoms with Gasteiger partial charge >= 0.3 is 0 Å². The number of hydrogen-bond acceptors (Lipinski definition) is 6. The summed E-state index contributed by atoms with van der Waals surface area (Å²) in [5, 5.41) is 0. The van der Waals surface area contributed by atoms with Crippen LogP contribution in [0.3, 0.4) is 0 Å². The van der Waals surface area contributed by atoms with Gasteiger partial charge in [-0.1, -0.05) is 59.7 Å². The average molecular weight is 479 g/mol. The van der Waals surface area contributed by atoms with Gasteiger partial charge in [-0.15, -0.1) is 0 Å². The van der Waals surface area contributed by atoms with E-state index in [4.69, 9.17) is 8.37 Å². The van der Waals surface area contributed by atoms with E-state index < -0.39 is 20.2 Å². The van der Waals surface area contributed by atoms with Crippen LogP contribution in [0.5, 0.6) is 0 Å². The summed E-state index contributed by atoms with van der Waals surface area (Å²) in [7, 11) is -7.29. The van der Waals surface area contributed by atoms with Crippen LogP contribution >= 0.6 is 0 Å². The Morgan fingerprint density at radius 1 is 0.688 bits per heavy atom. The second kappa shape index (κ2) is 7.94. The highest BCUT2D eigenvalue weighted by molar-refractivity contribution is 7.86. The van der Waals surface area contributed by atoms with E-state index in [1.54, 1.807) is 0 Å². The predicted molar refractivity (Wildman–Crippen MR) is 124 cm³/mol. The van der Waals surface area contributed by atoms with E-state index in [0.29, 0.717) is 0 Å². The Morgan fingerprint density at radius 2 is 1.00 bits per heavy atom. The van der Waals surface area contributed by atoms with Gasteiger partial charge in [-0.3, -0.25) is 8.37 Å². The number of rotatable bonds is 8. The first-order valence-corrected chi connectivity index (χ1v) is 14.4. The number of benzene rings is 2. The van der Waals surface area contributed by atoms with Crippen LogP contribution in [0.1, 0.15) is 35.1 Å². The molecule has 0 amide bonds. The minimum Gasteiger partial charge on any atom is -0.270 e. The molecule has 2 fully saturated rings. The number of hydrogen-bond donors (Lipinski definition) is 0. The van der Waals surface area contributed by atoms with Gasteiger partial charge in [0.05, 0.1) is 25.7 Å². The minimum atomic E-state index is -3.64. The van der Waals surface area contributed by atoms with Crippen molar-refractivity contribution in [3.8, 4) is 0 Å². The molecule has 0 aliphatic heterocycles. The third-order valence-corrected chi connectivity index (χ3v) is 8.65. The molecule has 2 aliphatic rings. The first-order chi connectivity index (χ1) is 14.9. The Balaban J connectivity index is 1.84. The molecule has 0 heterocycles. The lowest BCUT2D eigenvalue weighted by atomic mass is 9.26. The monoisotopic (exact) mass is 478 g/mol. The highest BCUT2D eigenvalue weighted by atomic mass is 32.2. The standard InChI is InChI=1S/C24H30O6S2/c1-17-5-9-19(10-6-17)23-13-14-24(23,20-11-7-18(2)8-12-20)22(16-30-32(4,27)28)21(23)15-29-31(3,25)26/h5-12,21-22H,13-16H2,1-4H3/t21-,22-,23-,24+/m0/s1. The molecule has 4 atom stereocenters. The summed E-state index contributed by atoms with van der Waals surface area (Å²) in [6, 6.07) is 16.7. The van der Waals surface area contributed by atoms with Crippen LogP contribution in [0.2, 0.25) is 0 Å². The van der Waals surface area contributed by atoms with Crippen LogP contribution in [0.25, 0.3) is 0 Å². The van der Waals surface area contributed by atoms with Crippen molar-refractivity contribution in [3.05, 3.63) is 70.8 Å². The van der Waals surface area contributed by atoms with Crippen molar-refractivity contribution >= 4 is 20.2 Å². The zero-order chi connectivity index (χ0) is 23.4. The minimum absolute atomic E-state index is 0.00188. The maximum Gasteiger partial charge on any atom is 0.264 e. The third-order valence-electron chi connectivity index (χ3n) is 7.52. The molecule has 2 aromatic carbocycles. The summed E-state index contributed by atoms with van der Waals surface area (Å²) in [5.74, 6) is -0.395. The van der Waals surface area contributed by atoms with Crippen molar-refractivity contribution in [1.29, 1.82) is 0 Å². The zero-order valence-electron chi connectivity index (χ0n) is 18.9. The topological polar surface area (TPSA) is 86.7 Å². The molecule has 0 saturated heterocycles. The third kappa shape index (κ3) is 3.81. The van der Waals surface area contributed by atoms with Gasteiger partial charge in [0.1, 0.15) is 0 Å². The maximum absolute atomic E-state index is 11.8. The zero-order valence-corrected chi connectivity index (χ0v) is 20.5. The van der Waals surface area contributed by atoms with Gasteiger partial charge in [-0.2, -0.15) is 16.8 Å². The fourth-order valence-corrected chi connectivity index (χ4v) is 6.92. The Bertz CT molecular complexity index is 1100. The van der Waals surface area contributed by atoms with Gasteiger partial charge in [0, 0.05) is 22.7 Å². The molecule has 8 heteroatoms. The summed E-state index contributed by atoms with van der Waals surface area (Å²) in [4.78, 5) is 0. The van der Waals surface area contributed by atoms with Crippen LogP contribution in [0.4, 0.5) is 0 Å². The van der Waals surface area contributed by atoms with E-state index in [-0.39, 0.29) is 35.9 Å². The molecule has 0 unspecified atom stereocenters. The lowest BCUT2D eigenvalue weighted by Crippen LogP contribution is -2.78. The summed E-state index contributed by atoms with van der Waals surface area (Å²) in [5.41, 5.74) is 3.87. The first-order valence-electron chi connectivity index (χ1n) is 10.7. The van der Waals surface area contributed by atoms with E-state index in [9.17, 15) is 16.8 Å². The van der Waals surface area contributed by atoms with Gasteiger partial charge in [0.2, 0.25) is 0 Å². The number of fused-ring (bicyclic) bond motifs is 1. The molecule has 2 aromatic rings. The van der Waals surface area contributed by atoms with E-state index in [1.165, 1.54) is 0 Å². The lowest BCUT2D eigenvalue weighted by molar-refractivity contribution is -0.192. The van der Waals surface area contributed by atoms with E-state index >= 15 is 0 Å². The quantitative estimate of drug-likeness (QED) is 0.540. The van der Waals surface area contributed by atoms with E-state index in [1.807, 2.05) is 13.8 Å². The van der Waals surface area contributed by atoms with Crippen LogP contribution in [0, 0.1) is 25.7 Å². The molecule has 2 aliphatic carbocycles. The largest absolute Gasteiger partial charge is 0.270 e. The maximum atomic E-state index is 11.8. The second-order valence-corrected chi connectivity index (χ2v) is 12.7. The highest BCUT2D eigenvalue weighted by Gasteiger charge is 2.77.